The van der Waals surface area contributed by atoms with Crippen molar-refractivity contribution in [3.8, 4) is 0 Å². The van der Waals surface area contributed by atoms with Gasteiger partial charge in [0.1, 0.15) is 11.6 Å². The van der Waals surface area contributed by atoms with Gasteiger partial charge in [-0.25, -0.2) is 21.9 Å². The van der Waals surface area contributed by atoms with Crippen molar-refractivity contribution in [1.29, 1.82) is 0 Å². The summed E-state index contributed by atoms with van der Waals surface area (Å²) in [6, 6.07) is 8.15. The van der Waals surface area contributed by atoms with Gasteiger partial charge >= 0.3 is 0 Å². The van der Waals surface area contributed by atoms with E-state index >= 15 is 0 Å². The Kier molecular flexibility index (Phi) is 6.67. The van der Waals surface area contributed by atoms with Crippen molar-refractivity contribution in [3.63, 3.8) is 0 Å². The first-order valence-corrected chi connectivity index (χ1v) is 9.83. The van der Waals surface area contributed by atoms with Crippen LogP contribution in [0.2, 0.25) is 0 Å². The van der Waals surface area contributed by atoms with Gasteiger partial charge in [-0.05, 0) is 31.5 Å². The van der Waals surface area contributed by atoms with Crippen molar-refractivity contribution in [2.24, 2.45) is 0 Å². The second-order valence-electron chi connectivity index (χ2n) is 6.40. The first-order valence-electron chi connectivity index (χ1n) is 8.35. The quantitative estimate of drug-likeness (QED) is 0.783. The van der Waals surface area contributed by atoms with Crippen molar-refractivity contribution >= 4 is 15.9 Å². The molecule has 0 fully saturated rings. The molecule has 1 N–H and O–H groups in total. The smallest absolute Gasteiger partial charge is 0.240 e. The molecule has 146 valence electrons. The highest BCUT2D eigenvalue weighted by molar-refractivity contribution is 7.89. The molecule has 5 nitrogen and oxygen atoms in total. The molecular formula is C19H22F2N2O3S. The van der Waals surface area contributed by atoms with Gasteiger partial charge in [0.2, 0.25) is 15.9 Å². The van der Waals surface area contributed by atoms with Crippen LogP contribution in [0.3, 0.4) is 0 Å². The summed E-state index contributed by atoms with van der Waals surface area (Å²) in [6.07, 6.45) is -0.0799. The van der Waals surface area contributed by atoms with Crippen LogP contribution in [0.5, 0.6) is 0 Å². The predicted octanol–water partition coefficient (Wildman–Crippen LogP) is 2.91. The maximum atomic E-state index is 13.7. The van der Waals surface area contributed by atoms with Crippen molar-refractivity contribution in [2.75, 3.05) is 13.6 Å². The molecule has 0 heterocycles. The van der Waals surface area contributed by atoms with Crippen molar-refractivity contribution in [3.05, 3.63) is 64.7 Å². The number of carbonyl (C=O) groups is 1. The average Bonchev–Trinajstić information content (AvgIpc) is 2.56. The monoisotopic (exact) mass is 396 g/mol. The van der Waals surface area contributed by atoms with E-state index in [1.165, 1.54) is 24.1 Å². The number of hydrogen-bond acceptors (Lipinski definition) is 3. The highest BCUT2D eigenvalue weighted by Gasteiger charge is 2.18. The van der Waals surface area contributed by atoms with Gasteiger partial charge in [-0.1, -0.05) is 23.8 Å². The van der Waals surface area contributed by atoms with E-state index in [4.69, 9.17) is 0 Å². The summed E-state index contributed by atoms with van der Waals surface area (Å²) >= 11 is 0. The van der Waals surface area contributed by atoms with Crippen LogP contribution in [-0.4, -0.2) is 32.8 Å². The van der Waals surface area contributed by atoms with E-state index in [1.54, 1.807) is 19.1 Å². The second kappa shape index (κ2) is 8.58. The zero-order chi connectivity index (χ0) is 20.2. The van der Waals surface area contributed by atoms with Gasteiger partial charge in [0.25, 0.3) is 0 Å². The Labute approximate surface area is 158 Å². The van der Waals surface area contributed by atoms with Crippen LogP contribution in [0.15, 0.2) is 41.3 Å². The number of nitrogens with zero attached hydrogens (tertiary/aromatic N) is 1. The molecule has 27 heavy (non-hydrogen) atoms. The van der Waals surface area contributed by atoms with Gasteiger partial charge < -0.3 is 4.90 Å². The lowest BCUT2D eigenvalue weighted by Crippen LogP contribution is -2.32. The summed E-state index contributed by atoms with van der Waals surface area (Å²) in [6.45, 7) is 3.46. The largest absolute Gasteiger partial charge is 0.341 e. The first-order chi connectivity index (χ1) is 12.6. The maximum absolute atomic E-state index is 13.7. The number of aryl methyl sites for hydroxylation is 2. The van der Waals surface area contributed by atoms with Gasteiger partial charge in [0.15, 0.2) is 0 Å². The van der Waals surface area contributed by atoms with Crippen LogP contribution in [-0.2, 0) is 21.4 Å². The minimum atomic E-state index is -3.72. The Balaban J connectivity index is 1.92. The van der Waals surface area contributed by atoms with E-state index in [2.05, 4.69) is 4.72 Å². The Morgan fingerprint density at radius 2 is 1.81 bits per heavy atom. The van der Waals surface area contributed by atoms with E-state index < -0.39 is 21.7 Å². The number of rotatable bonds is 7. The van der Waals surface area contributed by atoms with Crippen LogP contribution < -0.4 is 4.72 Å². The zero-order valence-electron chi connectivity index (χ0n) is 15.4. The fraction of sp³-hybridized carbons (Fsp3) is 0.316. The SMILES string of the molecule is Cc1ccc(S(=O)(=O)NCCC(=O)N(C)Cc2ccc(F)cc2F)c(C)c1. The summed E-state index contributed by atoms with van der Waals surface area (Å²) in [7, 11) is -2.25. The summed E-state index contributed by atoms with van der Waals surface area (Å²) in [5, 5.41) is 0. The fourth-order valence-electron chi connectivity index (χ4n) is 2.66. The number of amides is 1. The lowest BCUT2D eigenvalue weighted by Gasteiger charge is -2.18. The Morgan fingerprint density at radius 1 is 1.11 bits per heavy atom. The number of sulfonamides is 1. The summed E-state index contributed by atoms with van der Waals surface area (Å²) < 4.78 is 53.7. The molecule has 0 radical (unpaired) electrons. The molecule has 0 saturated carbocycles. The lowest BCUT2D eigenvalue weighted by molar-refractivity contribution is -0.130. The van der Waals surface area contributed by atoms with E-state index in [0.29, 0.717) is 5.56 Å². The van der Waals surface area contributed by atoms with Crippen molar-refractivity contribution < 1.29 is 22.0 Å². The molecule has 0 spiro atoms. The number of hydrogen-bond donors (Lipinski definition) is 1. The maximum Gasteiger partial charge on any atom is 0.240 e. The number of carbonyl (C=O) groups excluding carboxylic acids is 1. The molecule has 2 aromatic carbocycles. The highest BCUT2D eigenvalue weighted by Crippen LogP contribution is 2.16. The van der Waals surface area contributed by atoms with Crippen LogP contribution in [0, 0.1) is 25.5 Å². The second-order valence-corrected chi connectivity index (χ2v) is 8.14. The fourth-order valence-corrected chi connectivity index (χ4v) is 3.91. The van der Waals surface area contributed by atoms with Gasteiger partial charge in [-0.3, -0.25) is 4.79 Å². The van der Waals surface area contributed by atoms with Gasteiger partial charge in [-0.15, -0.1) is 0 Å². The van der Waals surface area contributed by atoms with Crippen LogP contribution in [0.25, 0.3) is 0 Å². The van der Waals surface area contributed by atoms with Crippen molar-refractivity contribution in [1.82, 2.24) is 9.62 Å². The van der Waals surface area contributed by atoms with Crippen LogP contribution >= 0.6 is 0 Å². The van der Waals surface area contributed by atoms with Crippen LogP contribution in [0.1, 0.15) is 23.1 Å². The molecule has 0 atom stereocenters. The highest BCUT2D eigenvalue weighted by atomic mass is 32.2. The first kappa shape index (κ1) is 21.0. The molecule has 0 aliphatic heterocycles. The molecule has 0 aliphatic rings. The summed E-state index contributed by atoms with van der Waals surface area (Å²) in [5.41, 5.74) is 1.76. The third-order valence-electron chi connectivity index (χ3n) is 4.10. The molecule has 8 heteroatoms. The van der Waals surface area contributed by atoms with Gasteiger partial charge in [-0.2, -0.15) is 0 Å². The third kappa shape index (κ3) is 5.58. The molecule has 0 saturated heterocycles. The molecule has 0 aromatic heterocycles. The minimum Gasteiger partial charge on any atom is -0.341 e. The Hall–Kier alpha value is -2.32. The summed E-state index contributed by atoms with van der Waals surface area (Å²) in [4.78, 5) is 13.6. The minimum absolute atomic E-state index is 0.0330. The lowest BCUT2D eigenvalue weighted by atomic mass is 10.2. The molecule has 2 aromatic rings. The molecule has 2 rings (SSSR count). The number of benzene rings is 2. The molecule has 1 amide bonds. The Bertz CT molecular complexity index is 946. The predicted molar refractivity (Wildman–Crippen MR) is 98.6 cm³/mol. The zero-order valence-corrected chi connectivity index (χ0v) is 16.2. The molecule has 0 bridgehead atoms. The molecular weight excluding hydrogens is 374 g/mol. The molecule has 0 unspecified atom stereocenters. The third-order valence-corrected chi connectivity index (χ3v) is 5.72. The average molecular weight is 396 g/mol. The van der Waals surface area contributed by atoms with E-state index in [1.807, 2.05) is 6.92 Å². The van der Waals surface area contributed by atoms with Gasteiger partial charge in [0.05, 0.1) is 4.90 Å². The van der Waals surface area contributed by atoms with Crippen LogP contribution in [0.4, 0.5) is 8.78 Å². The topological polar surface area (TPSA) is 66.5 Å². The normalized spacial score (nSPS) is 11.4. The van der Waals surface area contributed by atoms with Gasteiger partial charge in [0, 0.05) is 38.2 Å². The number of halogens is 2. The summed E-state index contributed by atoms with van der Waals surface area (Å²) in [5.74, 6) is -1.78. The van der Waals surface area contributed by atoms with E-state index in [0.717, 1.165) is 17.7 Å². The molecule has 0 aliphatic carbocycles. The van der Waals surface area contributed by atoms with E-state index in [9.17, 15) is 22.0 Å². The Morgan fingerprint density at radius 3 is 2.44 bits per heavy atom. The standard InChI is InChI=1S/C19H22F2N2O3S/c1-13-4-7-18(14(2)10-13)27(25,26)22-9-8-19(24)23(3)12-15-5-6-16(20)11-17(15)21/h4-7,10-11,22H,8-9,12H2,1-3H3. The van der Waals surface area contributed by atoms with Crippen molar-refractivity contribution in [2.45, 2.75) is 31.7 Å². The van der Waals surface area contributed by atoms with E-state index in [-0.39, 0.29) is 35.9 Å². The number of nitrogens with one attached hydrogen (secondary N) is 1.